The lowest BCUT2D eigenvalue weighted by Crippen LogP contribution is -2.20. The van der Waals surface area contributed by atoms with Crippen molar-refractivity contribution in [3.63, 3.8) is 0 Å². The first kappa shape index (κ1) is 17.1. The highest BCUT2D eigenvalue weighted by Gasteiger charge is 2.22. The number of benzene rings is 1. The molecule has 21 heavy (non-hydrogen) atoms. The molecule has 0 bridgehead atoms. The highest BCUT2D eigenvalue weighted by molar-refractivity contribution is 6.30. The van der Waals surface area contributed by atoms with E-state index in [0.29, 0.717) is 5.02 Å². The number of carboxylic acid groups (broad SMARTS) is 1. The van der Waals surface area contributed by atoms with E-state index in [4.69, 9.17) is 27.0 Å². The molecule has 0 spiro atoms. The molecule has 0 amide bonds. The van der Waals surface area contributed by atoms with Crippen molar-refractivity contribution in [2.45, 2.75) is 18.6 Å². The van der Waals surface area contributed by atoms with Gasteiger partial charge in [-0.1, -0.05) is 22.8 Å². The lowest BCUT2D eigenvalue weighted by molar-refractivity contribution is -0.139. The molecule has 8 nitrogen and oxygen atoms in total. The summed E-state index contributed by atoms with van der Waals surface area (Å²) in [7, 11) is 0. The van der Waals surface area contributed by atoms with Gasteiger partial charge in [-0.3, -0.25) is 0 Å². The highest BCUT2D eigenvalue weighted by atomic mass is 35.5. The topological polar surface area (TPSA) is 136 Å². The van der Waals surface area contributed by atoms with E-state index in [0.717, 1.165) is 0 Å². The van der Waals surface area contributed by atoms with E-state index in [1.165, 1.54) is 18.2 Å². The molecule has 0 fully saturated rings. The van der Waals surface area contributed by atoms with Crippen molar-refractivity contribution in [1.29, 1.82) is 0 Å². The van der Waals surface area contributed by atoms with Crippen LogP contribution in [0.5, 0.6) is 5.75 Å². The number of nitrogens with zero attached hydrogens (tertiary/aromatic N) is 3. The largest absolute Gasteiger partial charge is 0.481 e. The van der Waals surface area contributed by atoms with Crippen molar-refractivity contribution < 1.29 is 24.9 Å². The van der Waals surface area contributed by atoms with Gasteiger partial charge in [0.1, 0.15) is 11.9 Å². The Morgan fingerprint density at radius 3 is 2.81 bits per heavy atom. The van der Waals surface area contributed by atoms with Crippen LogP contribution in [0.1, 0.15) is 18.1 Å². The van der Waals surface area contributed by atoms with Crippen molar-refractivity contribution in [1.82, 2.24) is 0 Å². The highest BCUT2D eigenvalue weighted by Crippen LogP contribution is 2.31. The Labute approximate surface area is 125 Å². The van der Waals surface area contributed by atoms with Crippen LogP contribution in [0.2, 0.25) is 5.02 Å². The molecule has 0 aliphatic rings. The van der Waals surface area contributed by atoms with Crippen LogP contribution >= 0.6 is 11.6 Å². The van der Waals surface area contributed by atoms with Crippen LogP contribution in [-0.2, 0) is 4.79 Å². The predicted octanol–water partition coefficient (Wildman–Crippen LogP) is 1.90. The van der Waals surface area contributed by atoms with E-state index in [1.54, 1.807) is 0 Å². The van der Waals surface area contributed by atoms with Gasteiger partial charge in [0.25, 0.3) is 0 Å². The number of hydrogen-bond acceptors (Lipinski definition) is 5. The smallest absolute Gasteiger partial charge is 0.341 e. The average Bonchev–Trinajstić information content (AvgIpc) is 2.44. The Kier molecular flexibility index (Phi) is 6.77. The lowest BCUT2D eigenvalue weighted by Gasteiger charge is -2.20. The molecule has 1 aromatic carbocycles. The summed E-state index contributed by atoms with van der Waals surface area (Å²) in [6.45, 7) is -0.581. The summed E-state index contributed by atoms with van der Waals surface area (Å²) in [5.41, 5.74) is 8.36. The number of carbonyl (C=O) groups is 1. The van der Waals surface area contributed by atoms with Gasteiger partial charge in [0.15, 0.2) is 6.61 Å². The molecular formula is C12H14ClN3O5. The van der Waals surface area contributed by atoms with Crippen molar-refractivity contribution in [2.75, 3.05) is 13.2 Å². The van der Waals surface area contributed by atoms with Crippen LogP contribution in [0.3, 0.4) is 0 Å². The van der Waals surface area contributed by atoms with Gasteiger partial charge >= 0.3 is 5.97 Å². The number of aliphatic hydroxyl groups excluding tert-OH is 2. The summed E-state index contributed by atoms with van der Waals surface area (Å²) < 4.78 is 5.04. The minimum atomic E-state index is -1.32. The summed E-state index contributed by atoms with van der Waals surface area (Å²) in [5.74, 6) is -1.11. The maximum Gasteiger partial charge on any atom is 0.341 e. The normalized spacial score (nSPS) is 13.1. The fraction of sp³-hybridized carbons (Fsp3) is 0.417. The Balaban J connectivity index is 2.88. The van der Waals surface area contributed by atoms with Crippen molar-refractivity contribution >= 4 is 17.6 Å². The standard InChI is InChI=1S/C12H14ClN3O5/c13-7-1-2-8(10(5-7)21-6-11(18)19)12(20)9(17)3-4-15-16-14/h1-2,5,9,12,17,20H,3-4,6H2,(H,18,19). The molecule has 1 rings (SSSR count). The molecule has 0 heterocycles. The number of rotatable bonds is 8. The van der Waals surface area contributed by atoms with Gasteiger partial charge in [-0.05, 0) is 24.1 Å². The van der Waals surface area contributed by atoms with E-state index in [9.17, 15) is 15.0 Å². The summed E-state index contributed by atoms with van der Waals surface area (Å²) in [4.78, 5) is 13.1. The molecule has 0 saturated carbocycles. The van der Waals surface area contributed by atoms with Gasteiger partial charge in [0, 0.05) is 22.0 Å². The van der Waals surface area contributed by atoms with E-state index >= 15 is 0 Å². The Morgan fingerprint density at radius 1 is 1.48 bits per heavy atom. The molecule has 1 aromatic rings. The molecule has 0 saturated heterocycles. The van der Waals surface area contributed by atoms with Crippen molar-refractivity contribution in [3.8, 4) is 5.75 Å². The molecule has 9 heteroatoms. The minimum Gasteiger partial charge on any atom is -0.481 e. The maximum atomic E-state index is 10.5. The maximum absolute atomic E-state index is 10.5. The predicted molar refractivity (Wildman–Crippen MR) is 74.2 cm³/mol. The zero-order chi connectivity index (χ0) is 15.8. The molecule has 0 aromatic heterocycles. The summed E-state index contributed by atoms with van der Waals surface area (Å²) in [6.07, 6.45) is -2.46. The number of hydrogen-bond donors (Lipinski definition) is 3. The molecule has 114 valence electrons. The van der Waals surface area contributed by atoms with Gasteiger partial charge in [0.05, 0.1) is 6.10 Å². The fourth-order valence-corrected chi connectivity index (χ4v) is 1.78. The minimum absolute atomic E-state index is 0.0215. The van der Waals surface area contributed by atoms with Crippen LogP contribution in [0.15, 0.2) is 23.3 Å². The molecule has 3 N–H and O–H groups in total. The van der Waals surface area contributed by atoms with Crippen LogP contribution in [-0.4, -0.2) is 40.5 Å². The lowest BCUT2D eigenvalue weighted by atomic mass is 10.0. The first-order chi connectivity index (χ1) is 9.95. The van der Waals surface area contributed by atoms with Gasteiger partial charge in [-0.25, -0.2) is 4.79 Å². The second-order valence-corrected chi connectivity index (χ2v) is 4.56. The third-order valence-corrected chi connectivity index (χ3v) is 2.83. The average molecular weight is 316 g/mol. The van der Waals surface area contributed by atoms with Crippen molar-refractivity contribution in [2.24, 2.45) is 5.11 Å². The first-order valence-electron chi connectivity index (χ1n) is 5.96. The van der Waals surface area contributed by atoms with E-state index < -0.39 is 24.8 Å². The zero-order valence-corrected chi connectivity index (χ0v) is 11.6. The second kappa shape index (κ2) is 8.33. The number of aliphatic hydroxyl groups is 2. The van der Waals surface area contributed by atoms with Gasteiger partial charge in [0.2, 0.25) is 0 Å². The molecule has 0 aliphatic heterocycles. The van der Waals surface area contributed by atoms with Crippen LogP contribution in [0, 0.1) is 0 Å². The quantitative estimate of drug-likeness (QED) is 0.382. The number of azide groups is 1. The monoisotopic (exact) mass is 315 g/mol. The fourth-order valence-electron chi connectivity index (χ4n) is 1.62. The Bertz CT molecular complexity index is 548. The third kappa shape index (κ3) is 5.49. The van der Waals surface area contributed by atoms with Gasteiger partial charge in [-0.2, -0.15) is 0 Å². The molecule has 0 aliphatic carbocycles. The van der Waals surface area contributed by atoms with Gasteiger partial charge in [-0.15, -0.1) is 0 Å². The SMILES string of the molecule is [N-]=[N+]=NCCC(O)C(O)c1ccc(Cl)cc1OCC(=O)O. The van der Waals surface area contributed by atoms with Crippen LogP contribution in [0.4, 0.5) is 0 Å². The molecule has 2 atom stereocenters. The summed E-state index contributed by atoms with van der Waals surface area (Å²) in [5, 5.41) is 32.1. The summed E-state index contributed by atoms with van der Waals surface area (Å²) in [6, 6.07) is 4.26. The first-order valence-corrected chi connectivity index (χ1v) is 6.34. The number of aliphatic carboxylic acids is 1. The number of carboxylic acids is 1. The molecule has 0 radical (unpaired) electrons. The number of halogens is 1. The summed E-state index contributed by atoms with van der Waals surface area (Å²) >= 11 is 5.79. The Hall–Kier alpha value is -1.99. The van der Waals surface area contributed by atoms with Crippen molar-refractivity contribution in [3.05, 3.63) is 39.2 Å². The molecular weight excluding hydrogens is 302 g/mol. The van der Waals surface area contributed by atoms with Gasteiger partial charge < -0.3 is 20.1 Å². The third-order valence-electron chi connectivity index (χ3n) is 2.60. The van der Waals surface area contributed by atoms with Crippen LogP contribution < -0.4 is 4.74 Å². The number of ether oxygens (including phenoxy) is 1. The zero-order valence-electron chi connectivity index (χ0n) is 10.9. The molecule has 2 unspecified atom stereocenters. The van der Waals surface area contributed by atoms with E-state index in [-0.39, 0.29) is 24.3 Å². The van der Waals surface area contributed by atoms with E-state index in [2.05, 4.69) is 10.0 Å². The Morgan fingerprint density at radius 2 is 2.19 bits per heavy atom. The second-order valence-electron chi connectivity index (χ2n) is 4.12. The van der Waals surface area contributed by atoms with Crippen LogP contribution in [0.25, 0.3) is 10.4 Å². The van der Waals surface area contributed by atoms with E-state index in [1.807, 2.05) is 0 Å².